The van der Waals surface area contributed by atoms with E-state index in [1.54, 1.807) is 0 Å². The Labute approximate surface area is 80.4 Å². The van der Waals surface area contributed by atoms with Crippen LogP contribution in [0.3, 0.4) is 0 Å². The van der Waals surface area contributed by atoms with Crippen molar-refractivity contribution in [2.24, 2.45) is 0 Å². The summed E-state index contributed by atoms with van der Waals surface area (Å²) in [6, 6.07) is 6.50. The molecule has 1 heteroatoms. The molecule has 72 valence electrons. The third kappa shape index (κ3) is 3.19. The molecule has 0 amide bonds. The van der Waals surface area contributed by atoms with E-state index in [0.717, 1.165) is 12.8 Å². The fourth-order valence-electron chi connectivity index (χ4n) is 1.33. The van der Waals surface area contributed by atoms with E-state index in [1.807, 2.05) is 6.92 Å². The lowest BCUT2D eigenvalue weighted by Crippen LogP contribution is -2.01. The molecule has 0 aliphatic rings. The summed E-state index contributed by atoms with van der Waals surface area (Å²) in [5, 5.41) is 9.14. The predicted molar refractivity (Wildman–Crippen MR) is 55.9 cm³/mol. The molecule has 1 N–H and O–H groups in total. The van der Waals surface area contributed by atoms with Crippen LogP contribution in [-0.2, 0) is 6.42 Å². The molecule has 0 saturated heterocycles. The Balaban J connectivity index is 2.63. The maximum Gasteiger partial charge on any atom is 0.0515 e. The van der Waals surface area contributed by atoms with Gasteiger partial charge >= 0.3 is 0 Å². The Morgan fingerprint density at radius 2 is 1.92 bits per heavy atom. The van der Waals surface area contributed by atoms with E-state index in [0.29, 0.717) is 0 Å². The van der Waals surface area contributed by atoms with Crippen molar-refractivity contribution in [3.63, 3.8) is 0 Å². The molecule has 1 aromatic carbocycles. The van der Waals surface area contributed by atoms with E-state index in [4.69, 9.17) is 5.11 Å². The van der Waals surface area contributed by atoms with Gasteiger partial charge in [0.1, 0.15) is 0 Å². The molecule has 0 saturated carbocycles. The number of aliphatic hydroxyl groups is 1. The first kappa shape index (κ1) is 10.3. The molecule has 13 heavy (non-hydrogen) atoms. The van der Waals surface area contributed by atoms with Crippen LogP contribution in [0.1, 0.15) is 30.0 Å². The van der Waals surface area contributed by atoms with Gasteiger partial charge < -0.3 is 5.11 Å². The topological polar surface area (TPSA) is 20.2 Å². The van der Waals surface area contributed by atoms with Crippen LogP contribution in [0.4, 0.5) is 0 Å². The fourth-order valence-corrected chi connectivity index (χ4v) is 1.33. The minimum absolute atomic E-state index is 0.193. The Morgan fingerprint density at radius 3 is 2.46 bits per heavy atom. The smallest absolute Gasteiger partial charge is 0.0515 e. The van der Waals surface area contributed by atoms with Crippen LogP contribution in [-0.4, -0.2) is 11.2 Å². The summed E-state index contributed by atoms with van der Waals surface area (Å²) >= 11 is 0. The monoisotopic (exact) mass is 178 g/mol. The van der Waals surface area contributed by atoms with Crippen LogP contribution in [0.15, 0.2) is 18.2 Å². The van der Waals surface area contributed by atoms with Gasteiger partial charge in [0.15, 0.2) is 0 Å². The van der Waals surface area contributed by atoms with Crippen molar-refractivity contribution in [1.29, 1.82) is 0 Å². The molecular formula is C12H18O. The van der Waals surface area contributed by atoms with Gasteiger partial charge in [-0.2, -0.15) is 0 Å². The number of hydrogen-bond acceptors (Lipinski definition) is 1. The van der Waals surface area contributed by atoms with Gasteiger partial charge in [-0.05, 0) is 50.3 Å². The average Bonchev–Trinajstić information content (AvgIpc) is 2.07. The second-order valence-corrected chi connectivity index (χ2v) is 3.81. The van der Waals surface area contributed by atoms with E-state index >= 15 is 0 Å². The highest BCUT2D eigenvalue weighted by atomic mass is 16.3. The largest absolute Gasteiger partial charge is 0.393 e. The van der Waals surface area contributed by atoms with Gasteiger partial charge in [0.25, 0.3) is 0 Å². The van der Waals surface area contributed by atoms with Crippen molar-refractivity contribution in [3.8, 4) is 0 Å². The van der Waals surface area contributed by atoms with Gasteiger partial charge in [0.05, 0.1) is 6.10 Å². The van der Waals surface area contributed by atoms with Crippen LogP contribution in [0.2, 0.25) is 0 Å². The zero-order chi connectivity index (χ0) is 9.84. The summed E-state index contributed by atoms with van der Waals surface area (Å²) in [7, 11) is 0. The molecule has 0 fully saturated rings. The predicted octanol–water partition coefficient (Wildman–Crippen LogP) is 2.62. The van der Waals surface area contributed by atoms with Gasteiger partial charge in [-0.25, -0.2) is 0 Å². The molecule has 0 heterocycles. The van der Waals surface area contributed by atoms with Crippen LogP contribution in [0, 0.1) is 13.8 Å². The molecule has 0 aromatic heterocycles. The van der Waals surface area contributed by atoms with E-state index in [1.165, 1.54) is 16.7 Å². The minimum Gasteiger partial charge on any atom is -0.393 e. The van der Waals surface area contributed by atoms with E-state index < -0.39 is 0 Å². The maximum absolute atomic E-state index is 9.14. The van der Waals surface area contributed by atoms with Crippen LogP contribution >= 0.6 is 0 Å². The fraction of sp³-hybridized carbons (Fsp3) is 0.500. The Hall–Kier alpha value is -0.820. The third-order valence-electron chi connectivity index (χ3n) is 2.42. The Bertz CT molecular complexity index is 276. The van der Waals surface area contributed by atoms with Crippen molar-refractivity contribution < 1.29 is 5.11 Å². The van der Waals surface area contributed by atoms with Crippen molar-refractivity contribution >= 4 is 0 Å². The molecule has 1 nitrogen and oxygen atoms in total. The standard InChI is InChI=1S/C12H18O/c1-9-4-6-12(8-10(9)2)7-5-11(3)13/h4,6,8,11,13H,5,7H2,1-3H3/t11-/m1/s1. The molecule has 1 rings (SSSR count). The van der Waals surface area contributed by atoms with Gasteiger partial charge in [0.2, 0.25) is 0 Å². The van der Waals surface area contributed by atoms with Crippen molar-refractivity contribution in [1.82, 2.24) is 0 Å². The number of aryl methyl sites for hydroxylation is 3. The van der Waals surface area contributed by atoms with E-state index in [-0.39, 0.29) is 6.10 Å². The van der Waals surface area contributed by atoms with Crippen LogP contribution in [0.5, 0.6) is 0 Å². The Morgan fingerprint density at radius 1 is 1.23 bits per heavy atom. The molecule has 1 atom stereocenters. The normalized spacial score (nSPS) is 12.9. The van der Waals surface area contributed by atoms with Crippen molar-refractivity contribution in [3.05, 3.63) is 34.9 Å². The number of rotatable bonds is 3. The van der Waals surface area contributed by atoms with E-state index in [2.05, 4.69) is 32.0 Å². The van der Waals surface area contributed by atoms with Crippen LogP contribution < -0.4 is 0 Å². The van der Waals surface area contributed by atoms with Crippen LogP contribution in [0.25, 0.3) is 0 Å². The maximum atomic E-state index is 9.14. The first-order valence-electron chi connectivity index (χ1n) is 4.84. The highest BCUT2D eigenvalue weighted by Crippen LogP contribution is 2.12. The number of hydrogen-bond donors (Lipinski definition) is 1. The van der Waals surface area contributed by atoms with E-state index in [9.17, 15) is 0 Å². The summed E-state index contributed by atoms with van der Waals surface area (Å²) in [5.41, 5.74) is 3.99. The lowest BCUT2D eigenvalue weighted by atomic mass is 10.0. The second-order valence-electron chi connectivity index (χ2n) is 3.81. The quantitative estimate of drug-likeness (QED) is 0.754. The molecule has 0 aliphatic heterocycles. The summed E-state index contributed by atoms with van der Waals surface area (Å²) in [4.78, 5) is 0. The zero-order valence-electron chi connectivity index (χ0n) is 8.67. The lowest BCUT2D eigenvalue weighted by molar-refractivity contribution is 0.185. The van der Waals surface area contributed by atoms with Gasteiger partial charge in [-0.1, -0.05) is 18.2 Å². The molecule has 0 bridgehead atoms. The molecule has 0 unspecified atom stereocenters. The van der Waals surface area contributed by atoms with Gasteiger partial charge in [-0.15, -0.1) is 0 Å². The third-order valence-corrected chi connectivity index (χ3v) is 2.42. The molecular weight excluding hydrogens is 160 g/mol. The highest BCUT2D eigenvalue weighted by Gasteiger charge is 1.99. The summed E-state index contributed by atoms with van der Waals surface area (Å²) < 4.78 is 0. The molecule has 0 spiro atoms. The summed E-state index contributed by atoms with van der Waals surface area (Å²) in [6.07, 6.45) is 1.63. The first-order chi connectivity index (χ1) is 6.09. The van der Waals surface area contributed by atoms with Crippen molar-refractivity contribution in [2.75, 3.05) is 0 Å². The average molecular weight is 178 g/mol. The summed E-state index contributed by atoms with van der Waals surface area (Å²) in [6.45, 7) is 6.08. The first-order valence-corrected chi connectivity index (χ1v) is 4.84. The molecule has 0 radical (unpaired) electrons. The zero-order valence-corrected chi connectivity index (χ0v) is 8.67. The SMILES string of the molecule is Cc1ccc(CC[C@@H](C)O)cc1C. The molecule has 0 aliphatic carbocycles. The lowest BCUT2D eigenvalue weighted by Gasteiger charge is -2.06. The molecule has 1 aromatic rings. The van der Waals surface area contributed by atoms with Gasteiger partial charge in [0, 0.05) is 0 Å². The second kappa shape index (κ2) is 4.43. The minimum atomic E-state index is -0.193. The summed E-state index contributed by atoms with van der Waals surface area (Å²) in [5.74, 6) is 0. The van der Waals surface area contributed by atoms with Crippen molar-refractivity contribution in [2.45, 2.75) is 39.7 Å². The highest BCUT2D eigenvalue weighted by molar-refractivity contribution is 5.29. The number of aliphatic hydroxyl groups excluding tert-OH is 1. The Kier molecular flexibility index (Phi) is 3.49. The number of benzene rings is 1. The van der Waals surface area contributed by atoms with Gasteiger partial charge in [-0.3, -0.25) is 0 Å².